The molecule has 0 radical (unpaired) electrons. The Labute approximate surface area is 111 Å². The van der Waals surface area contributed by atoms with Crippen LogP contribution in [0.5, 0.6) is 0 Å². The second-order valence-electron chi connectivity index (χ2n) is 4.02. The van der Waals surface area contributed by atoms with E-state index in [1.807, 2.05) is 32.0 Å². The van der Waals surface area contributed by atoms with E-state index in [0.717, 1.165) is 16.7 Å². The van der Waals surface area contributed by atoms with E-state index in [-0.39, 0.29) is 0 Å². The number of halogens is 2. The smallest absolute Gasteiger partial charge is 0.163 e. The van der Waals surface area contributed by atoms with Gasteiger partial charge in [-0.25, -0.2) is 9.97 Å². The highest BCUT2D eigenvalue weighted by atomic mass is 35.5. The summed E-state index contributed by atoms with van der Waals surface area (Å²) in [4.78, 5) is 8.59. The van der Waals surface area contributed by atoms with Crippen molar-refractivity contribution in [3.63, 3.8) is 0 Å². The Morgan fingerprint density at radius 3 is 1.82 bits per heavy atom. The molecule has 0 spiro atoms. The predicted octanol–water partition coefficient (Wildman–Crippen LogP) is 4.38. The summed E-state index contributed by atoms with van der Waals surface area (Å²) >= 11 is 12.1. The number of rotatable bonds is 1. The summed E-state index contributed by atoms with van der Waals surface area (Å²) in [7, 11) is 0. The van der Waals surface area contributed by atoms with Gasteiger partial charge in [0.05, 0.1) is 0 Å². The van der Waals surface area contributed by atoms with Gasteiger partial charge >= 0.3 is 0 Å². The maximum atomic E-state index is 6.04. The van der Waals surface area contributed by atoms with Crippen molar-refractivity contribution in [1.29, 1.82) is 0 Å². The molecule has 0 aliphatic carbocycles. The SMILES string of the molecule is Cc1cccc(C)c1-c1nc(Cl)c(C)c(Cl)n1. The van der Waals surface area contributed by atoms with Crippen LogP contribution in [0.2, 0.25) is 10.3 Å². The van der Waals surface area contributed by atoms with Crippen LogP contribution in [-0.2, 0) is 0 Å². The first-order valence-corrected chi connectivity index (χ1v) is 6.02. The second-order valence-corrected chi connectivity index (χ2v) is 4.74. The lowest BCUT2D eigenvalue weighted by Gasteiger charge is -2.10. The first-order valence-electron chi connectivity index (χ1n) is 5.27. The van der Waals surface area contributed by atoms with Gasteiger partial charge in [0.25, 0.3) is 0 Å². The van der Waals surface area contributed by atoms with Gasteiger partial charge in [-0.15, -0.1) is 0 Å². The Hall–Kier alpha value is -1.12. The van der Waals surface area contributed by atoms with Crippen LogP contribution in [-0.4, -0.2) is 9.97 Å². The van der Waals surface area contributed by atoms with Crippen LogP contribution in [0.4, 0.5) is 0 Å². The van der Waals surface area contributed by atoms with Gasteiger partial charge in [0.1, 0.15) is 10.3 Å². The van der Waals surface area contributed by atoms with Crippen molar-refractivity contribution in [2.24, 2.45) is 0 Å². The summed E-state index contributed by atoms with van der Waals surface area (Å²) in [6.07, 6.45) is 0. The van der Waals surface area contributed by atoms with E-state index >= 15 is 0 Å². The molecule has 0 atom stereocenters. The monoisotopic (exact) mass is 266 g/mol. The lowest BCUT2D eigenvalue weighted by molar-refractivity contribution is 1.12. The molecule has 88 valence electrons. The Morgan fingerprint density at radius 1 is 0.882 bits per heavy atom. The molecule has 1 aromatic heterocycles. The normalized spacial score (nSPS) is 10.6. The van der Waals surface area contributed by atoms with Gasteiger partial charge < -0.3 is 0 Å². The Kier molecular flexibility index (Phi) is 3.36. The summed E-state index contributed by atoms with van der Waals surface area (Å²) in [6, 6.07) is 6.05. The van der Waals surface area contributed by atoms with E-state index in [2.05, 4.69) is 9.97 Å². The average Bonchev–Trinajstić information content (AvgIpc) is 2.25. The van der Waals surface area contributed by atoms with Crippen molar-refractivity contribution in [1.82, 2.24) is 9.97 Å². The molecule has 2 nitrogen and oxygen atoms in total. The fourth-order valence-electron chi connectivity index (χ4n) is 1.74. The van der Waals surface area contributed by atoms with E-state index in [9.17, 15) is 0 Å². The van der Waals surface area contributed by atoms with Crippen LogP contribution in [0.15, 0.2) is 18.2 Å². The van der Waals surface area contributed by atoms with Gasteiger partial charge in [0.15, 0.2) is 5.82 Å². The zero-order valence-corrected chi connectivity index (χ0v) is 11.4. The highest BCUT2D eigenvalue weighted by molar-refractivity contribution is 6.34. The van der Waals surface area contributed by atoms with Crippen molar-refractivity contribution < 1.29 is 0 Å². The molecule has 0 bridgehead atoms. The standard InChI is InChI=1S/C13H12Cl2N2/c1-7-5-4-6-8(2)10(7)13-16-11(14)9(3)12(15)17-13/h4-6H,1-3H3. The topological polar surface area (TPSA) is 25.8 Å². The number of aryl methyl sites for hydroxylation is 2. The summed E-state index contributed by atoms with van der Waals surface area (Å²) in [6.45, 7) is 5.85. The number of hydrogen-bond acceptors (Lipinski definition) is 2. The van der Waals surface area contributed by atoms with Gasteiger partial charge in [0, 0.05) is 11.1 Å². The molecule has 0 saturated heterocycles. The van der Waals surface area contributed by atoms with Gasteiger partial charge in [0.2, 0.25) is 0 Å². The number of nitrogens with zero attached hydrogens (tertiary/aromatic N) is 2. The zero-order chi connectivity index (χ0) is 12.6. The quantitative estimate of drug-likeness (QED) is 0.717. The molecule has 17 heavy (non-hydrogen) atoms. The second kappa shape index (κ2) is 4.63. The highest BCUT2D eigenvalue weighted by Gasteiger charge is 2.12. The molecule has 0 unspecified atom stereocenters. The van der Waals surface area contributed by atoms with Crippen molar-refractivity contribution in [3.05, 3.63) is 45.2 Å². The molecule has 1 aromatic carbocycles. The molecule has 0 N–H and O–H groups in total. The molecule has 2 rings (SSSR count). The zero-order valence-electron chi connectivity index (χ0n) is 9.88. The summed E-state index contributed by atoms with van der Waals surface area (Å²) in [5.74, 6) is 0.584. The third-order valence-corrected chi connectivity index (χ3v) is 3.47. The molecular formula is C13H12Cl2N2. The van der Waals surface area contributed by atoms with E-state index in [0.29, 0.717) is 21.7 Å². The maximum Gasteiger partial charge on any atom is 0.163 e. The van der Waals surface area contributed by atoms with Crippen molar-refractivity contribution in [3.8, 4) is 11.4 Å². The molecule has 0 aliphatic rings. The molecular weight excluding hydrogens is 255 g/mol. The molecule has 0 aliphatic heterocycles. The average molecular weight is 267 g/mol. The van der Waals surface area contributed by atoms with Crippen LogP contribution in [0, 0.1) is 20.8 Å². The highest BCUT2D eigenvalue weighted by Crippen LogP contribution is 2.28. The van der Waals surface area contributed by atoms with Crippen LogP contribution in [0.25, 0.3) is 11.4 Å². The van der Waals surface area contributed by atoms with Crippen LogP contribution < -0.4 is 0 Å². The number of benzene rings is 1. The van der Waals surface area contributed by atoms with E-state index < -0.39 is 0 Å². The molecule has 0 saturated carbocycles. The molecule has 0 fully saturated rings. The van der Waals surface area contributed by atoms with Crippen molar-refractivity contribution in [2.45, 2.75) is 20.8 Å². The minimum absolute atomic E-state index is 0.405. The van der Waals surface area contributed by atoms with Crippen molar-refractivity contribution in [2.75, 3.05) is 0 Å². The lowest BCUT2D eigenvalue weighted by Crippen LogP contribution is -1.97. The third-order valence-electron chi connectivity index (χ3n) is 2.73. The van der Waals surface area contributed by atoms with Crippen LogP contribution in [0.1, 0.15) is 16.7 Å². The third kappa shape index (κ3) is 2.28. The Balaban J connectivity index is 2.69. The number of aromatic nitrogens is 2. The minimum Gasteiger partial charge on any atom is -0.216 e. The molecule has 2 aromatic rings. The summed E-state index contributed by atoms with van der Waals surface area (Å²) in [5.41, 5.74) is 3.93. The minimum atomic E-state index is 0.405. The number of hydrogen-bond donors (Lipinski definition) is 0. The molecule has 1 heterocycles. The van der Waals surface area contributed by atoms with E-state index in [4.69, 9.17) is 23.2 Å². The lowest BCUT2D eigenvalue weighted by atomic mass is 10.0. The van der Waals surface area contributed by atoms with Crippen LogP contribution >= 0.6 is 23.2 Å². The van der Waals surface area contributed by atoms with Gasteiger partial charge in [-0.05, 0) is 31.9 Å². The fraction of sp³-hybridized carbons (Fsp3) is 0.231. The van der Waals surface area contributed by atoms with Crippen LogP contribution in [0.3, 0.4) is 0 Å². The van der Waals surface area contributed by atoms with E-state index in [1.54, 1.807) is 6.92 Å². The van der Waals surface area contributed by atoms with Gasteiger partial charge in [-0.3, -0.25) is 0 Å². The summed E-state index contributed by atoms with van der Waals surface area (Å²) in [5, 5.41) is 0.810. The summed E-state index contributed by atoms with van der Waals surface area (Å²) < 4.78 is 0. The van der Waals surface area contributed by atoms with E-state index in [1.165, 1.54) is 0 Å². The van der Waals surface area contributed by atoms with Gasteiger partial charge in [-0.1, -0.05) is 41.4 Å². The first-order chi connectivity index (χ1) is 8.00. The largest absolute Gasteiger partial charge is 0.216 e. The first kappa shape index (κ1) is 12.3. The Bertz CT molecular complexity index is 536. The maximum absolute atomic E-state index is 6.04. The molecule has 4 heteroatoms. The predicted molar refractivity (Wildman–Crippen MR) is 71.7 cm³/mol. The fourth-order valence-corrected chi connectivity index (χ4v) is 2.13. The van der Waals surface area contributed by atoms with Crippen molar-refractivity contribution >= 4 is 23.2 Å². The Morgan fingerprint density at radius 2 is 1.35 bits per heavy atom. The molecule has 0 amide bonds. The van der Waals surface area contributed by atoms with Gasteiger partial charge in [-0.2, -0.15) is 0 Å².